The summed E-state index contributed by atoms with van der Waals surface area (Å²) in [5, 5.41) is 0. The quantitative estimate of drug-likeness (QED) is 0.728. The van der Waals surface area contributed by atoms with E-state index in [1.54, 1.807) is 0 Å². The third kappa shape index (κ3) is 4.08. The Morgan fingerprint density at radius 3 is 2.05 bits per heavy atom. The molecule has 1 fully saturated rings. The number of alkyl halides is 1. The molecule has 116 valence electrons. The van der Waals surface area contributed by atoms with Gasteiger partial charge in [0.1, 0.15) is 12.2 Å². The second-order valence-corrected chi connectivity index (χ2v) is 5.72. The van der Waals surface area contributed by atoms with Gasteiger partial charge in [0.15, 0.2) is 5.56 Å². The van der Waals surface area contributed by atoms with Gasteiger partial charge in [0, 0.05) is 0 Å². The molecule has 3 rings (SSSR count). The highest BCUT2D eigenvalue weighted by atomic mass is 35.5. The highest BCUT2D eigenvalue weighted by molar-refractivity contribution is 6.20. The molecule has 2 aromatic carbocycles. The minimum Gasteiger partial charge on any atom is -0.374 e. The van der Waals surface area contributed by atoms with Crippen LogP contribution in [-0.2, 0) is 27.4 Å². The van der Waals surface area contributed by atoms with E-state index in [2.05, 4.69) is 0 Å². The van der Waals surface area contributed by atoms with Crippen molar-refractivity contribution in [2.24, 2.45) is 0 Å². The van der Waals surface area contributed by atoms with Gasteiger partial charge in [0.25, 0.3) is 0 Å². The third-order valence-corrected chi connectivity index (χ3v) is 3.96. The lowest BCUT2D eigenvalue weighted by Gasteiger charge is -2.40. The smallest absolute Gasteiger partial charge is 0.160 e. The molecule has 1 heterocycles. The molecule has 0 spiro atoms. The molecular formula is C18H19ClO3. The second kappa shape index (κ2) is 7.75. The number of ether oxygens (including phenoxy) is 3. The lowest BCUT2D eigenvalue weighted by atomic mass is 10.1. The van der Waals surface area contributed by atoms with Crippen LogP contribution in [0.5, 0.6) is 0 Å². The van der Waals surface area contributed by atoms with E-state index in [1.165, 1.54) is 0 Å². The van der Waals surface area contributed by atoms with Gasteiger partial charge in [-0.15, -0.1) is 0 Å². The van der Waals surface area contributed by atoms with Gasteiger partial charge in [-0.3, -0.25) is 0 Å². The fourth-order valence-electron chi connectivity index (χ4n) is 2.35. The van der Waals surface area contributed by atoms with Gasteiger partial charge in [-0.2, -0.15) is 0 Å². The number of rotatable bonds is 7. The molecule has 4 heteroatoms. The van der Waals surface area contributed by atoms with Gasteiger partial charge in [-0.25, -0.2) is 0 Å². The van der Waals surface area contributed by atoms with Gasteiger partial charge in [0.2, 0.25) is 0 Å². The SMILES string of the molecule is ClC1OC(COCc2ccccc2)C1OCc1ccccc1. The van der Waals surface area contributed by atoms with Crippen LogP contribution in [0.15, 0.2) is 60.7 Å². The molecule has 0 aliphatic carbocycles. The van der Waals surface area contributed by atoms with Gasteiger partial charge in [-0.05, 0) is 11.1 Å². The fraction of sp³-hybridized carbons (Fsp3) is 0.333. The minimum atomic E-state index is -0.394. The van der Waals surface area contributed by atoms with Crippen LogP contribution in [0.4, 0.5) is 0 Å². The van der Waals surface area contributed by atoms with E-state index in [0.29, 0.717) is 19.8 Å². The van der Waals surface area contributed by atoms with Crippen molar-refractivity contribution in [3.63, 3.8) is 0 Å². The molecule has 0 aromatic heterocycles. The molecule has 2 aromatic rings. The summed E-state index contributed by atoms with van der Waals surface area (Å²) in [4.78, 5) is 0. The minimum absolute atomic E-state index is 0.102. The molecule has 1 saturated heterocycles. The summed E-state index contributed by atoms with van der Waals surface area (Å²) in [6, 6.07) is 20.1. The van der Waals surface area contributed by atoms with Gasteiger partial charge in [-0.1, -0.05) is 72.3 Å². The maximum Gasteiger partial charge on any atom is 0.160 e. The Labute approximate surface area is 135 Å². The van der Waals surface area contributed by atoms with Crippen molar-refractivity contribution in [1.29, 1.82) is 0 Å². The predicted molar refractivity (Wildman–Crippen MR) is 85.6 cm³/mol. The molecule has 0 radical (unpaired) electrons. The Bertz CT molecular complexity index is 561. The Morgan fingerprint density at radius 2 is 1.45 bits per heavy atom. The van der Waals surface area contributed by atoms with E-state index in [1.807, 2.05) is 60.7 Å². The van der Waals surface area contributed by atoms with Gasteiger partial charge < -0.3 is 14.2 Å². The Hall–Kier alpha value is -1.39. The summed E-state index contributed by atoms with van der Waals surface area (Å²) >= 11 is 6.07. The average molecular weight is 319 g/mol. The standard InChI is InChI=1S/C18H19ClO3/c19-18-17(21-12-15-9-5-2-6-10-15)16(22-18)13-20-11-14-7-3-1-4-8-14/h1-10,16-18H,11-13H2. The molecule has 3 atom stereocenters. The summed E-state index contributed by atoms with van der Waals surface area (Å²) in [6.07, 6.45) is -0.229. The van der Waals surface area contributed by atoms with Crippen LogP contribution in [0, 0.1) is 0 Å². The molecule has 3 unspecified atom stereocenters. The normalized spacial score (nSPS) is 24.0. The first-order valence-corrected chi connectivity index (χ1v) is 7.83. The van der Waals surface area contributed by atoms with Crippen LogP contribution in [0.3, 0.4) is 0 Å². The van der Waals surface area contributed by atoms with Crippen molar-refractivity contribution >= 4 is 11.6 Å². The number of benzene rings is 2. The summed E-state index contributed by atoms with van der Waals surface area (Å²) in [5.41, 5.74) is 1.88. The topological polar surface area (TPSA) is 27.7 Å². The van der Waals surface area contributed by atoms with E-state index < -0.39 is 5.56 Å². The lowest BCUT2D eigenvalue weighted by Crippen LogP contribution is -2.54. The zero-order valence-electron chi connectivity index (χ0n) is 12.2. The number of hydrogen-bond acceptors (Lipinski definition) is 3. The Morgan fingerprint density at radius 1 is 0.864 bits per heavy atom. The van der Waals surface area contributed by atoms with Crippen molar-refractivity contribution < 1.29 is 14.2 Å². The molecule has 0 saturated carbocycles. The molecule has 0 N–H and O–H groups in total. The first kappa shape index (κ1) is 15.5. The van der Waals surface area contributed by atoms with Crippen LogP contribution >= 0.6 is 11.6 Å². The lowest BCUT2D eigenvalue weighted by molar-refractivity contribution is -0.229. The largest absolute Gasteiger partial charge is 0.374 e. The van der Waals surface area contributed by atoms with Gasteiger partial charge in [0.05, 0.1) is 19.8 Å². The van der Waals surface area contributed by atoms with E-state index >= 15 is 0 Å². The van der Waals surface area contributed by atoms with E-state index in [0.717, 1.165) is 11.1 Å². The summed E-state index contributed by atoms with van der Waals surface area (Å²) in [6.45, 7) is 1.59. The molecule has 0 bridgehead atoms. The molecule has 1 aliphatic rings. The van der Waals surface area contributed by atoms with Crippen LogP contribution in [-0.4, -0.2) is 24.4 Å². The first-order valence-electron chi connectivity index (χ1n) is 7.39. The van der Waals surface area contributed by atoms with Crippen LogP contribution in [0.2, 0.25) is 0 Å². The van der Waals surface area contributed by atoms with Crippen LogP contribution in [0.1, 0.15) is 11.1 Å². The summed E-state index contributed by atoms with van der Waals surface area (Å²) in [5.74, 6) is 0. The summed E-state index contributed by atoms with van der Waals surface area (Å²) in [7, 11) is 0. The number of hydrogen-bond donors (Lipinski definition) is 0. The number of halogens is 1. The molecule has 0 amide bonds. The third-order valence-electron chi connectivity index (χ3n) is 3.61. The maximum absolute atomic E-state index is 6.07. The molecular weight excluding hydrogens is 300 g/mol. The van der Waals surface area contributed by atoms with Crippen LogP contribution < -0.4 is 0 Å². The Balaban J connectivity index is 1.42. The zero-order valence-corrected chi connectivity index (χ0v) is 13.0. The Kier molecular flexibility index (Phi) is 5.46. The van der Waals surface area contributed by atoms with E-state index in [-0.39, 0.29) is 12.2 Å². The average Bonchev–Trinajstić information content (AvgIpc) is 2.56. The molecule has 22 heavy (non-hydrogen) atoms. The highest BCUT2D eigenvalue weighted by Gasteiger charge is 2.42. The van der Waals surface area contributed by atoms with Crippen molar-refractivity contribution in [2.45, 2.75) is 31.0 Å². The van der Waals surface area contributed by atoms with Crippen LogP contribution in [0.25, 0.3) is 0 Å². The van der Waals surface area contributed by atoms with Crippen molar-refractivity contribution in [2.75, 3.05) is 6.61 Å². The van der Waals surface area contributed by atoms with E-state index in [9.17, 15) is 0 Å². The monoisotopic (exact) mass is 318 g/mol. The predicted octanol–water partition coefficient (Wildman–Crippen LogP) is 3.75. The fourth-order valence-corrected chi connectivity index (χ4v) is 2.72. The first-order chi connectivity index (χ1) is 10.8. The van der Waals surface area contributed by atoms with E-state index in [4.69, 9.17) is 25.8 Å². The maximum atomic E-state index is 6.07. The zero-order chi connectivity index (χ0) is 15.2. The molecule has 1 aliphatic heterocycles. The summed E-state index contributed by atoms with van der Waals surface area (Å²) < 4.78 is 17.0. The second-order valence-electron chi connectivity index (χ2n) is 5.29. The van der Waals surface area contributed by atoms with Crippen molar-refractivity contribution in [3.8, 4) is 0 Å². The van der Waals surface area contributed by atoms with Crippen molar-refractivity contribution in [1.82, 2.24) is 0 Å². The highest BCUT2D eigenvalue weighted by Crippen LogP contribution is 2.29. The van der Waals surface area contributed by atoms with Crippen molar-refractivity contribution in [3.05, 3.63) is 71.8 Å². The molecule has 3 nitrogen and oxygen atoms in total. The van der Waals surface area contributed by atoms with Gasteiger partial charge >= 0.3 is 0 Å².